The average Bonchev–Trinajstić information content (AvgIpc) is 2.82. The molecule has 2 aromatic rings. The topological polar surface area (TPSA) is 189 Å². The van der Waals surface area contributed by atoms with Crippen molar-refractivity contribution in [1.82, 2.24) is 28.7 Å². The van der Waals surface area contributed by atoms with Gasteiger partial charge in [-0.3, -0.25) is 0 Å². The number of anilines is 3. The van der Waals surface area contributed by atoms with E-state index in [2.05, 4.69) is 30.9 Å². The zero-order chi connectivity index (χ0) is 24.9. The van der Waals surface area contributed by atoms with Crippen LogP contribution < -0.4 is 33.0 Å². The first kappa shape index (κ1) is 26.9. The number of rotatable bonds is 16. The average molecular weight is 486 g/mol. The van der Waals surface area contributed by atoms with Gasteiger partial charge in [0.2, 0.25) is 17.8 Å². The molecule has 0 atom stereocenters. The zero-order valence-electron chi connectivity index (χ0n) is 19.4. The largest absolute Gasteiger partial charge is 0.395 e. The molecule has 0 unspecified atom stereocenters. The maximum absolute atomic E-state index is 12.7. The Morgan fingerprint density at radius 1 is 0.735 bits per heavy atom. The van der Waals surface area contributed by atoms with Crippen LogP contribution in [0.25, 0.3) is 0 Å². The second-order valence-electron chi connectivity index (χ2n) is 6.69. The van der Waals surface area contributed by atoms with E-state index < -0.39 is 23.7 Å². The number of aliphatic hydroxyl groups is 1. The number of nitrogens with one attached hydrogen (secondary N) is 3. The molecule has 0 amide bonds. The predicted octanol–water partition coefficient (Wildman–Crippen LogP) is -2.47. The maximum atomic E-state index is 12.7. The third-order valence-electron chi connectivity index (χ3n) is 4.36. The van der Waals surface area contributed by atoms with Crippen LogP contribution in [0.3, 0.4) is 0 Å². The number of nitrogens with zero attached hydrogens (tertiary/aromatic N) is 6. The molecule has 34 heavy (non-hydrogen) atoms. The van der Waals surface area contributed by atoms with Crippen LogP contribution in [0.5, 0.6) is 0 Å². The molecule has 2 aromatic heterocycles. The van der Waals surface area contributed by atoms with Crippen molar-refractivity contribution in [2.45, 2.75) is 26.6 Å². The molecule has 0 aromatic carbocycles. The molecule has 0 fully saturated rings. The summed E-state index contributed by atoms with van der Waals surface area (Å²) in [5, 5.41) is 17.9. The summed E-state index contributed by atoms with van der Waals surface area (Å²) >= 11 is 0. The molecule has 0 spiro atoms. The summed E-state index contributed by atoms with van der Waals surface area (Å²) in [6, 6.07) is 0. The van der Waals surface area contributed by atoms with E-state index in [-0.39, 0.29) is 52.3 Å². The molecule has 16 nitrogen and oxygen atoms in total. The fourth-order valence-electron chi connectivity index (χ4n) is 2.79. The minimum atomic E-state index is -0.823. The number of hydrogen-bond acceptors (Lipinski definition) is 13. The first-order chi connectivity index (χ1) is 16.5. The van der Waals surface area contributed by atoms with Crippen molar-refractivity contribution in [3.05, 3.63) is 31.5 Å². The number of methoxy groups -OCH3 is 2. The van der Waals surface area contributed by atoms with E-state index in [4.69, 9.17) is 14.2 Å². The molecule has 4 N–H and O–H groups in total. The van der Waals surface area contributed by atoms with Crippen molar-refractivity contribution >= 4 is 17.8 Å². The van der Waals surface area contributed by atoms with Crippen molar-refractivity contribution in [1.29, 1.82) is 0 Å². The van der Waals surface area contributed by atoms with E-state index >= 15 is 0 Å². The van der Waals surface area contributed by atoms with Crippen LogP contribution in [0.1, 0.15) is 6.92 Å². The molecule has 0 saturated carbocycles. The highest BCUT2D eigenvalue weighted by Gasteiger charge is 2.15. The standard InChI is InChI=1S/C18H31N9O7/c1-4-19-13-22-14(20-11-33-3)24-15(23-13)21-12-34-10-7-27-17(30)25(5-8-28)16(29)26(18(27)31)6-9-32-2/h28H,4-12H2,1-3H3,(H3,19,20,21,22,23,24). The van der Waals surface area contributed by atoms with Gasteiger partial charge in [0.25, 0.3) is 0 Å². The van der Waals surface area contributed by atoms with Gasteiger partial charge in [-0.05, 0) is 6.92 Å². The van der Waals surface area contributed by atoms with E-state index in [1.165, 1.54) is 14.2 Å². The third kappa shape index (κ3) is 7.34. The van der Waals surface area contributed by atoms with Crippen LogP contribution in [0.15, 0.2) is 14.4 Å². The summed E-state index contributed by atoms with van der Waals surface area (Å²) in [7, 11) is 2.96. The van der Waals surface area contributed by atoms with Crippen LogP contribution in [0, 0.1) is 0 Å². The van der Waals surface area contributed by atoms with Gasteiger partial charge in [-0.15, -0.1) is 0 Å². The fourth-order valence-corrected chi connectivity index (χ4v) is 2.79. The lowest BCUT2D eigenvalue weighted by Gasteiger charge is -2.14. The van der Waals surface area contributed by atoms with E-state index in [1.807, 2.05) is 6.92 Å². The molecule has 0 radical (unpaired) electrons. The Hall–Kier alpha value is -3.34. The number of hydrogen-bond donors (Lipinski definition) is 4. The summed E-state index contributed by atoms with van der Waals surface area (Å²) in [6.45, 7) is 1.96. The minimum absolute atomic E-state index is 0.0241. The first-order valence-electron chi connectivity index (χ1n) is 10.5. The lowest BCUT2D eigenvalue weighted by Crippen LogP contribution is -2.55. The van der Waals surface area contributed by atoms with Gasteiger partial charge in [-0.1, -0.05) is 0 Å². The van der Waals surface area contributed by atoms with Crippen LogP contribution in [-0.4, -0.2) is 87.8 Å². The van der Waals surface area contributed by atoms with Gasteiger partial charge in [-0.25, -0.2) is 28.1 Å². The second kappa shape index (κ2) is 14.0. The van der Waals surface area contributed by atoms with E-state index in [1.54, 1.807) is 0 Å². The number of ether oxygens (including phenoxy) is 3. The molecule has 0 aliphatic rings. The Kier molecular flexibility index (Phi) is 11.1. The summed E-state index contributed by atoms with van der Waals surface area (Å²) in [5.74, 6) is 0.887. The maximum Gasteiger partial charge on any atom is 0.336 e. The van der Waals surface area contributed by atoms with Gasteiger partial charge in [0.15, 0.2) is 0 Å². The quantitative estimate of drug-likeness (QED) is 0.145. The Balaban J connectivity index is 2.06. The van der Waals surface area contributed by atoms with E-state index in [0.29, 0.717) is 18.4 Å². The van der Waals surface area contributed by atoms with Gasteiger partial charge in [-0.2, -0.15) is 15.0 Å². The van der Waals surface area contributed by atoms with Gasteiger partial charge in [0, 0.05) is 20.8 Å². The lowest BCUT2D eigenvalue weighted by atomic mass is 10.6. The third-order valence-corrected chi connectivity index (χ3v) is 4.36. The molecule has 190 valence electrons. The van der Waals surface area contributed by atoms with Gasteiger partial charge in [0.05, 0.1) is 39.5 Å². The Morgan fingerprint density at radius 2 is 1.24 bits per heavy atom. The second-order valence-corrected chi connectivity index (χ2v) is 6.69. The van der Waals surface area contributed by atoms with Crippen molar-refractivity contribution < 1.29 is 19.3 Å². The van der Waals surface area contributed by atoms with Crippen molar-refractivity contribution in [3.63, 3.8) is 0 Å². The van der Waals surface area contributed by atoms with Gasteiger partial charge >= 0.3 is 17.1 Å². The van der Waals surface area contributed by atoms with Crippen molar-refractivity contribution in [2.24, 2.45) is 0 Å². The predicted molar refractivity (Wildman–Crippen MR) is 122 cm³/mol. The summed E-state index contributed by atoms with van der Waals surface area (Å²) in [6.07, 6.45) is 0. The fraction of sp³-hybridized carbons (Fsp3) is 0.667. The van der Waals surface area contributed by atoms with E-state index in [9.17, 15) is 19.5 Å². The van der Waals surface area contributed by atoms with Gasteiger partial charge in [0.1, 0.15) is 13.5 Å². The van der Waals surface area contributed by atoms with Gasteiger partial charge < -0.3 is 35.3 Å². The van der Waals surface area contributed by atoms with Crippen LogP contribution in [0.4, 0.5) is 17.8 Å². The Labute approximate surface area is 194 Å². The number of aliphatic hydroxyl groups excluding tert-OH is 1. The highest BCUT2D eigenvalue weighted by molar-refractivity contribution is 5.41. The minimum Gasteiger partial charge on any atom is -0.395 e. The zero-order valence-corrected chi connectivity index (χ0v) is 19.4. The Bertz CT molecular complexity index is 1080. The highest BCUT2D eigenvalue weighted by Crippen LogP contribution is 2.08. The summed E-state index contributed by atoms with van der Waals surface area (Å²) < 4.78 is 17.9. The molecule has 2 rings (SSSR count). The van der Waals surface area contributed by atoms with E-state index in [0.717, 1.165) is 13.7 Å². The normalized spacial score (nSPS) is 10.9. The smallest absolute Gasteiger partial charge is 0.336 e. The SMILES string of the molecule is CCNc1nc(NCOC)nc(NCOCCn2c(=O)n(CCO)c(=O)n(CCOC)c2=O)n1. The number of aromatic nitrogens is 6. The molecular weight excluding hydrogens is 454 g/mol. The molecule has 0 bridgehead atoms. The van der Waals surface area contributed by atoms with Crippen LogP contribution >= 0.6 is 0 Å². The van der Waals surface area contributed by atoms with Crippen LogP contribution in [-0.2, 0) is 33.8 Å². The summed E-state index contributed by atoms with van der Waals surface area (Å²) in [4.78, 5) is 50.3. The molecule has 16 heteroatoms. The summed E-state index contributed by atoms with van der Waals surface area (Å²) in [5.41, 5.74) is -2.40. The first-order valence-corrected chi connectivity index (χ1v) is 10.5. The Morgan fingerprint density at radius 3 is 1.74 bits per heavy atom. The van der Waals surface area contributed by atoms with Crippen LogP contribution in [0.2, 0.25) is 0 Å². The lowest BCUT2D eigenvalue weighted by molar-refractivity contribution is 0.138. The molecule has 2 heterocycles. The molecule has 0 aliphatic carbocycles. The molecule has 0 saturated heterocycles. The molecule has 0 aliphatic heterocycles. The monoisotopic (exact) mass is 485 g/mol. The molecular formula is C18H31N9O7. The highest BCUT2D eigenvalue weighted by atomic mass is 16.5. The van der Waals surface area contributed by atoms with Crippen molar-refractivity contribution in [2.75, 3.05) is 70.0 Å². The van der Waals surface area contributed by atoms with Crippen molar-refractivity contribution in [3.8, 4) is 0 Å².